The number of rotatable bonds is 4. The van der Waals surface area contributed by atoms with Crippen LogP contribution in [0.15, 0.2) is 12.7 Å². The highest BCUT2D eigenvalue weighted by Crippen LogP contribution is 2.63. The molecular weight excluding hydrogens is 212 g/mol. The Bertz CT molecular complexity index is 310. The highest BCUT2D eigenvalue weighted by molar-refractivity contribution is 5.67. The maximum atomic E-state index is 11.0. The van der Waals surface area contributed by atoms with Crippen molar-refractivity contribution in [2.75, 3.05) is 0 Å². The van der Waals surface area contributed by atoms with Crippen molar-refractivity contribution in [2.24, 2.45) is 29.1 Å². The molecule has 4 aliphatic carbocycles. The van der Waals surface area contributed by atoms with E-state index in [4.69, 9.17) is 5.11 Å². The smallest absolute Gasteiger partial charge is 0.303 e. The quantitative estimate of drug-likeness (QED) is 0.756. The minimum absolute atomic E-state index is 0.202. The summed E-state index contributed by atoms with van der Waals surface area (Å²) in [4.78, 5) is 11.0. The van der Waals surface area contributed by atoms with Crippen LogP contribution in [0.5, 0.6) is 0 Å². The van der Waals surface area contributed by atoms with E-state index in [-0.39, 0.29) is 12.3 Å². The fourth-order valence-corrected chi connectivity index (χ4v) is 5.37. The lowest BCUT2D eigenvalue weighted by Crippen LogP contribution is -2.49. The van der Waals surface area contributed by atoms with Gasteiger partial charge in [0.25, 0.3) is 0 Å². The highest BCUT2D eigenvalue weighted by Gasteiger charge is 2.53. The second-order valence-electron chi connectivity index (χ2n) is 6.72. The molecule has 0 aromatic heterocycles. The lowest BCUT2D eigenvalue weighted by Gasteiger charge is -2.59. The first kappa shape index (κ1) is 11.3. The molecule has 0 spiro atoms. The number of aliphatic carboxylic acids is 1. The van der Waals surface area contributed by atoms with Crippen LogP contribution < -0.4 is 0 Å². The van der Waals surface area contributed by atoms with Gasteiger partial charge >= 0.3 is 5.97 Å². The third kappa shape index (κ3) is 1.82. The number of allylic oxidation sites excluding steroid dienone is 1. The summed E-state index contributed by atoms with van der Waals surface area (Å²) in [7, 11) is 0. The first-order valence-corrected chi connectivity index (χ1v) is 6.95. The van der Waals surface area contributed by atoms with Gasteiger partial charge in [-0.05, 0) is 67.6 Å². The molecule has 2 nitrogen and oxygen atoms in total. The van der Waals surface area contributed by atoms with E-state index in [9.17, 15) is 4.79 Å². The van der Waals surface area contributed by atoms with Crippen molar-refractivity contribution in [1.82, 2.24) is 0 Å². The Kier molecular flexibility index (Phi) is 2.57. The van der Waals surface area contributed by atoms with E-state index in [1.807, 2.05) is 6.08 Å². The number of carboxylic acids is 1. The molecule has 0 heterocycles. The Morgan fingerprint density at radius 3 is 2.06 bits per heavy atom. The van der Waals surface area contributed by atoms with Crippen LogP contribution in [0.4, 0.5) is 0 Å². The van der Waals surface area contributed by atoms with Gasteiger partial charge in [-0.2, -0.15) is 0 Å². The minimum Gasteiger partial charge on any atom is -0.481 e. The molecule has 0 aromatic carbocycles. The van der Waals surface area contributed by atoms with Crippen molar-refractivity contribution < 1.29 is 9.90 Å². The van der Waals surface area contributed by atoms with E-state index in [0.29, 0.717) is 5.41 Å². The van der Waals surface area contributed by atoms with Crippen molar-refractivity contribution in [3.63, 3.8) is 0 Å². The molecule has 0 aromatic rings. The SMILES string of the molecule is C=CC(CC(=O)O)C12CC3CC(CC(C3)C1)C2. The monoisotopic (exact) mass is 234 g/mol. The van der Waals surface area contributed by atoms with E-state index in [1.54, 1.807) is 0 Å². The fraction of sp³-hybridized carbons (Fsp3) is 0.800. The van der Waals surface area contributed by atoms with Crippen LogP contribution in [0.1, 0.15) is 44.9 Å². The lowest BCUT2D eigenvalue weighted by atomic mass is 9.46. The Morgan fingerprint density at radius 2 is 1.71 bits per heavy atom. The average molecular weight is 234 g/mol. The van der Waals surface area contributed by atoms with Gasteiger partial charge < -0.3 is 5.11 Å². The van der Waals surface area contributed by atoms with Gasteiger partial charge in [-0.1, -0.05) is 6.08 Å². The lowest BCUT2D eigenvalue weighted by molar-refractivity contribution is -0.141. The summed E-state index contributed by atoms with van der Waals surface area (Å²) in [5, 5.41) is 9.07. The zero-order chi connectivity index (χ0) is 12.0. The summed E-state index contributed by atoms with van der Waals surface area (Å²) in [6, 6.07) is 0. The summed E-state index contributed by atoms with van der Waals surface area (Å²) < 4.78 is 0. The van der Waals surface area contributed by atoms with Crippen molar-refractivity contribution in [2.45, 2.75) is 44.9 Å². The molecule has 0 radical (unpaired) electrons. The largest absolute Gasteiger partial charge is 0.481 e. The summed E-state index contributed by atoms with van der Waals surface area (Å²) in [6.07, 6.45) is 10.3. The molecule has 4 fully saturated rings. The molecule has 0 amide bonds. The molecule has 0 aliphatic heterocycles. The minimum atomic E-state index is -0.661. The molecule has 0 saturated heterocycles. The molecule has 1 N–H and O–H groups in total. The number of carbonyl (C=O) groups is 1. The zero-order valence-electron chi connectivity index (χ0n) is 10.4. The Morgan fingerprint density at radius 1 is 1.24 bits per heavy atom. The van der Waals surface area contributed by atoms with Gasteiger partial charge in [0.2, 0.25) is 0 Å². The summed E-state index contributed by atoms with van der Waals surface area (Å²) >= 11 is 0. The molecular formula is C15H22O2. The maximum Gasteiger partial charge on any atom is 0.303 e. The van der Waals surface area contributed by atoms with Crippen LogP contribution in [0.3, 0.4) is 0 Å². The van der Waals surface area contributed by atoms with Crippen LogP contribution in [0, 0.1) is 29.1 Å². The van der Waals surface area contributed by atoms with E-state index in [0.717, 1.165) is 17.8 Å². The molecule has 1 atom stereocenters. The van der Waals surface area contributed by atoms with Crippen LogP contribution in [-0.4, -0.2) is 11.1 Å². The topological polar surface area (TPSA) is 37.3 Å². The Hall–Kier alpha value is -0.790. The Labute approximate surface area is 103 Å². The van der Waals surface area contributed by atoms with Gasteiger partial charge in [-0.25, -0.2) is 0 Å². The molecule has 4 bridgehead atoms. The summed E-state index contributed by atoms with van der Waals surface area (Å²) in [5.74, 6) is 2.20. The zero-order valence-corrected chi connectivity index (χ0v) is 10.4. The fourth-order valence-electron chi connectivity index (χ4n) is 5.37. The van der Waals surface area contributed by atoms with Gasteiger partial charge in [0.15, 0.2) is 0 Å². The van der Waals surface area contributed by atoms with E-state index in [2.05, 4.69) is 6.58 Å². The maximum absolute atomic E-state index is 11.0. The van der Waals surface area contributed by atoms with E-state index in [1.165, 1.54) is 38.5 Å². The summed E-state index contributed by atoms with van der Waals surface area (Å²) in [5.41, 5.74) is 0.300. The van der Waals surface area contributed by atoms with Crippen molar-refractivity contribution >= 4 is 5.97 Å². The van der Waals surface area contributed by atoms with Crippen molar-refractivity contribution in [3.05, 3.63) is 12.7 Å². The standard InChI is InChI=1S/C15H22O2/c1-2-13(6-14(16)17)15-7-10-3-11(8-15)5-12(4-10)9-15/h2,10-13H,1,3-9H2,(H,16,17). The molecule has 4 aliphatic rings. The predicted octanol–water partition coefficient (Wildman–Crippen LogP) is 3.48. The number of hydrogen-bond donors (Lipinski definition) is 1. The highest BCUT2D eigenvalue weighted by atomic mass is 16.4. The first-order valence-electron chi connectivity index (χ1n) is 6.95. The molecule has 1 unspecified atom stereocenters. The van der Waals surface area contributed by atoms with Crippen LogP contribution in [0.25, 0.3) is 0 Å². The van der Waals surface area contributed by atoms with Gasteiger partial charge in [0, 0.05) is 0 Å². The van der Waals surface area contributed by atoms with Crippen LogP contribution >= 0.6 is 0 Å². The first-order chi connectivity index (χ1) is 8.11. The van der Waals surface area contributed by atoms with Gasteiger partial charge in [0.1, 0.15) is 0 Å². The second-order valence-corrected chi connectivity index (χ2v) is 6.72. The average Bonchev–Trinajstić information content (AvgIpc) is 2.23. The molecule has 2 heteroatoms. The van der Waals surface area contributed by atoms with E-state index < -0.39 is 5.97 Å². The molecule has 17 heavy (non-hydrogen) atoms. The molecule has 4 rings (SSSR count). The van der Waals surface area contributed by atoms with E-state index >= 15 is 0 Å². The summed E-state index contributed by atoms with van der Waals surface area (Å²) in [6.45, 7) is 3.91. The normalized spacial score (nSPS) is 44.6. The van der Waals surface area contributed by atoms with Crippen LogP contribution in [-0.2, 0) is 4.79 Å². The van der Waals surface area contributed by atoms with Crippen LogP contribution in [0.2, 0.25) is 0 Å². The number of hydrogen-bond acceptors (Lipinski definition) is 1. The van der Waals surface area contributed by atoms with Crippen molar-refractivity contribution in [3.8, 4) is 0 Å². The third-order valence-corrected chi connectivity index (χ3v) is 5.55. The molecule has 94 valence electrons. The Balaban J connectivity index is 1.84. The predicted molar refractivity (Wildman–Crippen MR) is 66.5 cm³/mol. The number of carboxylic acid groups (broad SMARTS) is 1. The van der Waals surface area contributed by atoms with Gasteiger partial charge in [0.05, 0.1) is 6.42 Å². The van der Waals surface area contributed by atoms with Gasteiger partial charge in [-0.3, -0.25) is 4.79 Å². The van der Waals surface area contributed by atoms with Crippen molar-refractivity contribution in [1.29, 1.82) is 0 Å². The third-order valence-electron chi connectivity index (χ3n) is 5.55. The molecule has 4 saturated carbocycles. The van der Waals surface area contributed by atoms with Gasteiger partial charge in [-0.15, -0.1) is 6.58 Å². The second kappa shape index (κ2) is 3.86.